The third-order valence-corrected chi connectivity index (χ3v) is 3.18. The van der Waals surface area contributed by atoms with E-state index in [1.807, 2.05) is 12.1 Å². The van der Waals surface area contributed by atoms with Crippen LogP contribution in [0.1, 0.15) is 31.9 Å². The number of fused-ring (bicyclic) bond motifs is 1. The topological polar surface area (TPSA) is 52.5 Å². The van der Waals surface area contributed by atoms with Gasteiger partial charge in [0.15, 0.2) is 0 Å². The summed E-state index contributed by atoms with van der Waals surface area (Å²) in [6.45, 7) is 6.25. The van der Waals surface area contributed by atoms with Crippen molar-refractivity contribution in [3.05, 3.63) is 29.3 Å². The Balaban J connectivity index is 2.23. The molecule has 0 spiro atoms. The molecule has 1 aliphatic rings. The van der Waals surface area contributed by atoms with Crippen LogP contribution in [0.2, 0.25) is 0 Å². The Morgan fingerprint density at radius 2 is 1.94 bits per heavy atom. The van der Waals surface area contributed by atoms with Crippen molar-refractivity contribution in [2.75, 3.05) is 0 Å². The van der Waals surface area contributed by atoms with E-state index < -0.39 is 0 Å². The third-order valence-electron chi connectivity index (χ3n) is 3.18. The molecule has 0 bridgehead atoms. The van der Waals surface area contributed by atoms with Gasteiger partial charge in [-0.15, -0.1) is 0 Å². The standard InChI is InChI=1S/C14H21NO2/c1-14(2,3)15-11-8-10-9(7-13(11)17)5-4-6-12(10)16/h4-6,11,13,15-17H,7-8H2,1-3H3. The van der Waals surface area contributed by atoms with E-state index in [4.69, 9.17) is 0 Å². The quantitative estimate of drug-likeness (QED) is 0.693. The van der Waals surface area contributed by atoms with Crippen molar-refractivity contribution in [2.45, 2.75) is 51.3 Å². The number of aromatic hydroxyl groups is 1. The first-order valence-electron chi connectivity index (χ1n) is 6.12. The monoisotopic (exact) mass is 235 g/mol. The van der Waals surface area contributed by atoms with E-state index in [1.165, 1.54) is 0 Å². The fraction of sp³-hybridized carbons (Fsp3) is 0.571. The normalized spacial score (nSPS) is 24.5. The zero-order valence-electron chi connectivity index (χ0n) is 10.7. The molecule has 1 aliphatic carbocycles. The van der Waals surface area contributed by atoms with E-state index in [0.717, 1.165) is 11.1 Å². The summed E-state index contributed by atoms with van der Waals surface area (Å²) in [7, 11) is 0. The number of nitrogens with one attached hydrogen (secondary N) is 1. The van der Waals surface area contributed by atoms with Crippen LogP contribution in [0.25, 0.3) is 0 Å². The maximum absolute atomic E-state index is 10.1. The van der Waals surface area contributed by atoms with Crippen molar-refractivity contribution in [1.82, 2.24) is 5.32 Å². The minimum absolute atomic E-state index is 0.0100. The van der Waals surface area contributed by atoms with Crippen molar-refractivity contribution < 1.29 is 10.2 Å². The first-order chi connectivity index (χ1) is 7.87. The van der Waals surface area contributed by atoms with Gasteiger partial charge < -0.3 is 15.5 Å². The second-order valence-electron chi connectivity index (χ2n) is 5.89. The summed E-state index contributed by atoms with van der Waals surface area (Å²) in [6, 6.07) is 5.53. The van der Waals surface area contributed by atoms with Crippen LogP contribution < -0.4 is 5.32 Å². The second kappa shape index (κ2) is 4.31. The van der Waals surface area contributed by atoms with Crippen molar-refractivity contribution >= 4 is 0 Å². The van der Waals surface area contributed by atoms with E-state index in [2.05, 4.69) is 26.1 Å². The van der Waals surface area contributed by atoms with Gasteiger partial charge in [0.1, 0.15) is 5.75 Å². The van der Waals surface area contributed by atoms with Crippen LogP contribution in [0.5, 0.6) is 5.75 Å². The first-order valence-corrected chi connectivity index (χ1v) is 6.12. The summed E-state index contributed by atoms with van der Waals surface area (Å²) in [6.07, 6.45) is 0.904. The van der Waals surface area contributed by atoms with Gasteiger partial charge in [-0.2, -0.15) is 0 Å². The number of rotatable bonds is 1. The van der Waals surface area contributed by atoms with Gasteiger partial charge in [0.05, 0.1) is 6.10 Å². The predicted molar refractivity (Wildman–Crippen MR) is 68.2 cm³/mol. The Bertz CT molecular complexity index is 409. The Hall–Kier alpha value is -1.06. The molecule has 1 aromatic rings. The van der Waals surface area contributed by atoms with Crippen molar-refractivity contribution in [2.24, 2.45) is 0 Å². The number of benzene rings is 1. The van der Waals surface area contributed by atoms with Gasteiger partial charge in [-0.25, -0.2) is 0 Å². The Morgan fingerprint density at radius 1 is 1.24 bits per heavy atom. The lowest BCUT2D eigenvalue weighted by Crippen LogP contribution is -2.52. The van der Waals surface area contributed by atoms with Crippen LogP contribution in [0.4, 0.5) is 0 Å². The summed E-state index contributed by atoms with van der Waals surface area (Å²) in [4.78, 5) is 0. The van der Waals surface area contributed by atoms with E-state index >= 15 is 0 Å². The lowest BCUT2D eigenvalue weighted by atomic mass is 9.84. The van der Waals surface area contributed by atoms with Crippen LogP contribution in [0.3, 0.4) is 0 Å². The molecule has 1 aromatic carbocycles. The molecule has 2 atom stereocenters. The van der Waals surface area contributed by atoms with Crippen LogP contribution >= 0.6 is 0 Å². The lowest BCUT2D eigenvalue weighted by Gasteiger charge is -2.35. The van der Waals surface area contributed by atoms with Crippen molar-refractivity contribution in [3.63, 3.8) is 0 Å². The lowest BCUT2D eigenvalue weighted by molar-refractivity contribution is 0.104. The molecule has 0 aromatic heterocycles. The molecule has 17 heavy (non-hydrogen) atoms. The van der Waals surface area contributed by atoms with Gasteiger partial charge in [0.2, 0.25) is 0 Å². The summed E-state index contributed by atoms with van der Waals surface area (Å²) in [5, 5.41) is 23.4. The minimum atomic E-state index is -0.386. The van der Waals surface area contributed by atoms with Gasteiger partial charge >= 0.3 is 0 Å². The molecule has 3 heteroatoms. The van der Waals surface area contributed by atoms with Crippen LogP contribution in [0, 0.1) is 0 Å². The summed E-state index contributed by atoms with van der Waals surface area (Å²) >= 11 is 0. The number of aliphatic hydroxyl groups is 1. The van der Waals surface area contributed by atoms with E-state index in [9.17, 15) is 10.2 Å². The SMILES string of the molecule is CC(C)(C)NC1Cc2c(O)cccc2CC1O. The Kier molecular flexibility index (Phi) is 3.15. The molecule has 0 radical (unpaired) electrons. The predicted octanol–water partition coefficient (Wildman–Crippen LogP) is 1.61. The Labute approximate surface area is 102 Å². The fourth-order valence-electron chi connectivity index (χ4n) is 2.47. The summed E-state index contributed by atoms with van der Waals surface area (Å²) in [5.74, 6) is 0.343. The fourth-order valence-corrected chi connectivity index (χ4v) is 2.47. The van der Waals surface area contributed by atoms with Crippen LogP contribution in [-0.4, -0.2) is 27.9 Å². The molecule has 94 valence electrons. The molecule has 0 saturated carbocycles. The Morgan fingerprint density at radius 3 is 2.59 bits per heavy atom. The molecular formula is C14H21NO2. The molecule has 3 N–H and O–H groups in total. The zero-order chi connectivity index (χ0) is 12.6. The molecular weight excluding hydrogens is 214 g/mol. The van der Waals surface area contributed by atoms with Crippen molar-refractivity contribution in [3.8, 4) is 5.75 Å². The highest BCUT2D eigenvalue weighted by Gasteiger charge is 2.30. The maximum Gasteiger partial charge on any atom is 0.119 e. The average Bonchev–Trinajstić information content (AvgIpc) is 2.18. The first kappa shape index (κ1) is 12.4. The molecule has 0 amide bonds. The highest BCUT2D eigenvalue weighted by Crippen LogP contribution is 2.29. The second-order valence-corrected chi connectivity index (χ2v) is 5.89. The number of hydrogen-bond donors (Lipinski definition) is 3. The zero-order valence-corrected chi connectivity index (χ0v) is 10.7. The van der Waals surface area contributed by atoms with Gasteiger partial charge in [0, 0.05) is 18.0 Å². The number of hydrogen-bond acceptors (Lipinski definition) is 3. The van der Waals surface area contributed by atoms with Gasteiger partial charge in [-0.3, -0.25) is 0 Å². The van der Waals surface area contributed by atoms with Crippen LogP contribution in [0.15, 0.2) is 18.2 Å². The van der Waals surface area contributed by atoms with Gasteiger partial charge in [-0.05, 0) is 44.4 Å². The largest absolute Gasteiger partial charge is 0.508 e. The number of aliphatic hydroxyl groups excluding tert-OH is 1. The molecule has 0 fully saturated rings. The van der Waals surface area contributed by atoms with E-state index in [0.29, 0.717) is 18.6 Å². The van der Waals surface area contributed by atoms with E-state index in [-0.39, 0.29) is 17.7 Å². The van der Waals surface area contributed by atoms with Crippen molar-refractivity contribution in [1.29, 1.82) is 0 Å². The minimum Gasteiger partial charge on any atom is -0.508 e. The molecule has 3 nitrogen and oxygen atoms in total. The van der Waals surface area contributed by atoms with Gasteiger partial charge in [-0.1, -0.05) is 12.1 Å². The van der Waals surface area contributed by atoms with E-state index in [1.54, 1.807) is 6.07 Å². The average molecular weight is 235 g/mol. The molecule has 0 heterocycles. The smallest absolute Gasteiger partial charge is 0.119 e. The molecule has 2 rings (SSSR count). The van der Waals surface area contributed by atoms with Crippen LogP contribution in [-0.2, 0) is 12.8 Å². The van der Waals surface area contributed by atoms with Gasteiger partial charge in [0.25, 0.3) is 0 Å². The molecule has 0 aliphatic heterocycles. The molecule has 0 saturated heterocycles. The number of phenols is 1. The maximum atomic E-state index is 10.1. The summed E-state index contributed by atoms with van der Waals surface area (Å²) < 4.78 is 0. The highest BCUT2D eigenvalue weighted by atomic mass is 16.3. The summed E-state index contributed by atoms with van der Waals surface area (Å²) in [5.41, 5.74) is 2.00. The molecule has 2 unspecified atom stereocenters. The third kappa shape index (κ3) is 2.79. The number of phenolic OH excluding ortho intramolecular Hbond substituents is 1. The highest BCUT2D eigenvalue weighted by molar-refractivity contribution is 5.42.